The summed E-state index contributed by atoms with van der Waals surface area (Å²) >= 11 is 0. The van der Waals surface area contributed by atoms with Gasteiger partial charge in [-0.25, -0.2) is 16.8 Å². The van der Waals surface area contributed by atoms with Crippen LogP contribution in [0.3, 0.4) is 0 Å². The van der Waals surface area contributed by atoms with Crippen LogP contribution < -0.4 is 5.32 Å². The minimum absolute atomic E-state index is 0.182. The second kappa shape index (κ2) is 6.74. The number of sulfonamides is 2. The fourth-order valence-corrected chi connectivity index (χ4v) is 7.92. The average Bonchev–Trinajstić information content (AvgIpc) is 2.56. The van der Waals surface area contributed by atoms with Crippen LogP contribution in [0.4, 0.5) is 22.0 Å². The van der Waals surface area contributed by atoms with E-state index in [2.05, 4.69) is 0 Å². The molecule has 4 aliphatic rings. The summed E-state index contributed by atoms with van der Waals surface area (Å²) in [5, 5.41) is -3.53. The van der Waals surface area contributed by atoms with E-state index in [0.717, 1.165) is 19.3 Å². The van der Waals surface area contributed by atoms with Crippen molar-refractivity contribution in [1.82, 2.24) is 9.03 Å². The zero-order valence-electron chi connectivity index (χ0n) is 15.4. The van der Waals surface area contributed by atoms with Crippen molar-refractivity contribution in [2.75, 3.05) is 13.6 Å². The number of halogens is 5. The molecule has 1 amide bonds. The highest BCUT2D eigenvalue weighted by Gasteiger charge is 2.62. The summed E-state index contributed by atoms with van der Waals surface area (Å²) in [6, 6.07) is 0. The van der Waals surface area contributed by atoms with Gasteiger partial charge in [0.2, 0.25) is 0 Å². The average molecular weight is 468 g/mol. The van der Waals surface area contributed by atoms with E-state index >= 15 is 0 Å². The molecule has 4 rings (SSSR count). The van der Waals surface area contributed by atoms with Gasteiger partial charge in [0.25, 0.3) is 0 Å². The summed E-state index contributed by atoms with van der Waals surface area (Å²) in [6.45, 7) is -0.226. The van der Waals surface area contributed by atoms with Crippen molar-refractivity contribution in [2.45, 2.75) is 49.3 Å². The van der Waals surface area contributed by atoms with Crippen molar-refractivity contribution >= 4 is 26.0 Å². The molecule has 4 bridgehead atoms. The van der Waals surface area contributed by atoms with E-state index in [4.69, 9.17) is 0 Å². The van der Waals surface area contributed by atoms with Crippen molar-refractivity contribution in [3.8, 4) is 0 Å². The van der Waals surface area contributed by atoms with Crippen molar-refractivity contribution < 1.29 is 43.6 Å². The Morgan fingerprint density at radius 3 is 1.72 bits per heavy atom. The smallest absolute Gasteiger partial charge is 0.349 e. The normalized spacial score (nSPS) is 32.6. The minimum Gasteiger partial charge on any atom is -0.349 e. The zero-order chi connectivity index (χ0) is 22.0. The van der Waals surface area contributed by atoms with Gasteiger partial charge in [-0.05, 0) is 61.7 Å². The van der Waals surface area contributed by atoms with E-state index in [-0.39, 0.29) is 13.6 Å². The lowest BCUT2D eigenvalue weighted by Crippen LogP contribution is -2.57. The zero-order valence-corrected chi connectivity index (χ0v) is 17.0. The summed E-state index contributed by atoms with van der Waals surface area (Å²) in [5.41, 5.74) is -6.56. The lowest BCUT2D eigenvalue weighted by molar-refractivity contribution is -0.137. The van der Waals surface area contributed by atoms with Crippen LogP contribution in [-0.2, 0) is 24.8 Å². The minimum atomic E-state index is -6.62. The Morgan fingerprint density at radius 2 is 1.34 bits per heavy atom. The molecule has 0 radical (unpaired) electrons. The van der Waals surface area contributed by atoms with E-state index in [0.29, 0.717) is 37.0 Å². The number of nitrogens with one attached hydrogen (secondary N) is 1. The number of carbonyl (C=O) groups is 1. The van der Waals surface area contributed by atoms with Gasteiger partial charge in [-0.15, -0.1) is 0 Å². The Balaban J connectivity index is 1.74. The molecule has 0 aromatic carbocycles. The molecule has 4 aliphatic carbocycles. The van der Waals surface area contributed by atoms with Gasteiger partial charge in [0, 0.05) is 13.6 Å². The molecule has 0 aliphatic heterocycles. The highest BCUT2D eigenvalue weighted by atomic mass is 32.3. The summed E-state index contributed by atoms with van der Waals surface area (Å²) in [6.07, 6.45) is 5.24. The molecule has 168 valence electrons. The van der Waals surface area contributed by atoms with Gasteiger partial charge >= 0.3 is 36.7 Å². The molecule has 14 heteroatoms. The molecular weight excluding hydrogens is 447 g/mol. The second-order valence-electron chi connectivity index (χ2n) is 8.45. The highest BCUT2D eigenvalue weighted by Crippen LogP contribution is 2.59. The van der Waals surface area contributed by atoms with E-state index in [1.54, 1.807) is 0 Å². The van der Waals surface area contributed by atoms with Crippen molar-refractivity contribution in [2.24, 2.45) is 23.2 Å². The van der Waals surface area contributed by atoms with Crippen LogP contribution in [0.25, 0.3) is 0 Å². The SMILES string of the molecule is CN(S(=O)(=O)C(F)(F)F)S(=O)(=O)C(F)(F)C(=O)NCC12CC3CC(CC(C3)C1)C2. The van der Waals surface area contributed by atoms with Gasteiger partial charge in [0.05, 0.1) is 0 Å². The van der Waals surface area contributed by atoms with E-state index in [9.17, 15) is 43.6 Å². The number of hydrogen-bond donors (Lipinski definition) is 1. The Bertz CT molecular complexity index is 865. The predicted molar refractivity (Wildman–Crippen MR) is 90.2 cm³/mol. The maximum atomic E-state index is 14.2. The monoisotopic (exact) mass is 468 g/mol. The molecule has 4 saturated carbocycles. The second-order valence-corrected chi connectivity index (χ2v) is 12.7. The van der Waals surface area contributed by atoms with Crippen LogP contribution in [0, 0.1) is 23.2 Å². The van der Waals surface area contributed by atoms with E-state index in [1.165, 1.54) is 0 Å². The lowest BCUT2D eigenvalue weighted by Gasteiger charge is -2.56. The number of nitrogens with zero attached hydrogens (tertiary/aromatic N) is 1. The standard InChI is InChI=1S/C15H21F5N2O5S2/c1-22(29(26,27)15(18,19)20)28(24,25)14(16,17)12(23)21-8-13-5-9-2-10(6-13)4-11(3-9)7-13/h9-11H,2-8H2,1H3,(H,21,23). The lowest BCUT2D eigenvalue weighted by atomic mass is 9.49. The van der Waals surface area contributed by atoms with Gasteiger partial charge in [-0.1, -0.05) is 3.71 Å². The number of carbonyl (C=O) groups excluding carboxylic acids is 1. The largest absolute Gasteiger partial charge is 0.512 e. The Hall–Kier alpha value is -1.02. The van der Waals surface area contributed by atoms with Crippen molar-refractivity contribution in [3.05, 3.63) is 0 Å². The van der Waals surface area contributed by atoms with Gasteiger partial charge in [0.1, 0.15) is 0 Å². The maximum absolute atomic E-state index is 14.2. The topological polar surface area (TPSA) is 101 Å². The summed E-state index contributed by atoms with van der Waals surface area (Å²) < 4.78 is 111. The first-order valence-corrected chi connectivity index (χ1v) is 11.9. The fraction of sp³-hybridized carbons (Fsp3) is 0.933. The molecule has 0 atom stereocenters. The van der Waals surface area contributed by atoms with Crippen LogP contribution in [0.5, 0.6) is 0 Å². The first-order valence-electron chi connectivity index (χ1n) is 8.98. The summed E-state index contributed by atoms with van der Waals surface area (Å²) in [5.74, 6) is -1.07. The maximum Gasteiger partial charge on any atom is 0.512 e. The molecule has 7 nitrogen and oxygen atoms in total. The van der Waals surface area contributed by atoms with Crippen molar-refractivity contribution in [3.63, 3.8) is 0 Å². The third-order valence-electron chi connectivity index (χ3n) is 6.35. The molecule has 29 heavy (non-hydrogen) atoms. The molecule has 0 aromatic heterocycles. The molecule has 0 heterocycles. The molecule has 0 unspecified atom stereocenters. The number of hydrogen-bond acceptors (Lipinski definition) is 5. The fourth-order valence-electron chi connectivity index (χ4n) is 5.43. The van der Waals surface area contributed by atoms with E-state index in [1.807, 2.05) is 5.32 Å². The third kappa shape index (κ3) is 3.64. The Kier molecular flexibility index (Phi) is 5.27. The van der Waals surface area contributed by atoms with E-state index < -0.39 is 45.8 Å². The highest BCUT2D eigenvalue weighted by molar-refractivity contribution is 8.05. The first-order chi connectivity index (χ1) is 13.0. The Labute approximate surface area is 165 Å². The number of amides is 1. The summed E-state index contributed by atoms with van der Waals surface area (Å²) in [7, 11) is -13.3. The van der Waals surface area contributed by atoms with Crippen LogP contribution in [-0.4, -0.2) is 50.8 Å². The molecule has 0 saturated heterocycles. The van der Waals surface area contributed by atoms with Gasteiger partial charge in [0.15, 0.2) is 0 Å². The molecule has 0 aromatic rings. The molecule has 0 spiro atoms. The van der Waals surface area contributed by atoms with Gasteiger partial charge in [-0.2, -0.15) is 22.0 Å². The van der Waals surface area contributed by atoms with Crippen LogP contribution >= 0.6 is 0 Å². The Morgan fingerprint density at radius 1 is 0.931 bits per heavy atom. The number of rotatable bonds is 6. The summed E-state index contributed by atoms with van der Waals surface area (Å²) in [4.78, 5) is 11.9. The molecular formula is C15H21F5N2O5S2. The van der Waals surface area contributed by atoms with Crippen LogP contribution in [0.1, 0.15) is 38.5 Å². The van der Waals surface area contributed by atoms with Crippen LogP contribution in [0.2, 0.25) is 0 Å². The van der Waals surface area contributed by atoms with Crippen LogP contribution in [0.15, 0.2) is 0 Å². The molecule has 4 fully saturated rings. The predicted octanol–water partition coefficient (Wildman–Crippen LogP) is 2.02. The van der Waals surface area contributed by atoms with Gasteiger partial charge in [-0.3, -0.25) is 4.79 Å². The van der Waals surface area contributed by atoms with Gasteiger partial charge < -0.3 is 5.32 Å². The third-order valence-corrected chi connectivity index (χ3v) is 10.3. The van der Waals surface area contributed by atoms with Crippen molar-refractivity contribution in [1.29, 1.82) is 0 Å². The molecule has 1 N–H and O–H groups in total. The number of alkyl halides is 5. The quantitative estimate of drug-likeness (QED) is 0.602. The first kappa shape index (κ1) is 22.7.